The number of esters is 1. The molecule has 2 rings (SSSR count). The topological polar surface area (TPSA) is 55.8 Å². The normalized spacial score (nSPS) is 14.3. The maximum absolute atomic E-state index is 11.8. The lowest BCUT2D eigenvalue weighted by atomic mass is 10.2. The molecular weight excluding hydrogens is 377 g/mol. The van der Waals surface area contributed by atoms with Crippen LogP contribution in [0.4, 0.5) is 0 Å². The zero-order valence-electron chi connectivity index (χ0n) is 15.6. The second-order valence-corrected chi connectivity index (χ2v) is 7.66. The van der Waals surface area contributed by atoms with Crippen LogP contribution in [0.1, 0.15) is 40.0 Å². The predicted molar refractivity (Wildman–Crippen MR) is 104 cm³/mol. The molecule has 1 aromatic carbocycles. The highest BCUT2D eigenvalue weighted by molar-refractivity contribution is 6.41. The Kier molecular flexibility index (Phi) is 9.99. The monoisotopic (exact) mass is 403 g/mol. The Morgan fingerprint density at radius 2 is 1.62 bits per heavy atom. The summed E-state index contributed by atoms with van der Waals surface area (Å²) < 4.78 is 10.4. The number of ether oxygens (including phenoxy) is 2. The summed E-state index contributed by atoms with van der Waals surface area (Å²) in [4.78, 5) is 25.0. The van der Waals surface area contributed by atoms with Gasteiger partial charge >= 0.3 is 5.97 Å². The lowest BCUT2D eigenvalue weighted by Gasteiger charge is -2.26. The number of carbonyl (C=O) groups is 2. The van der Waals surface area contributed by atoms with Gasteiger partial charge in [0.15, 0.2) is 0 Å². The van der Waals surface area contributed by atoms with Crippen LogP contribution in [0, 0.1) is 0 Å². The molecule has 1 saturated heterocycles. The maximum atomic E-state index is 11.8. The van der Waals surface area contributed by atoms with Gasteiger partial charge in [-0.3, -0.25) is 9.59 Å². The minimum absolute atomic E-state index is 0.0989. The van der Waals surface area contributed by atoms with Crippen LogP contribution in [-0.2, 0) is 19.1 Å². The molecule has 26 heavy (non-hydrogen) atoms. The molecule has 1 aliphatic heterocycles. The Balaban J connectivity index is 0.000000350. The standard InChI is InChI=1S/C13H23NO4.C6H4Cl2/c1-13(2,3)18-12(16)6-4-5-11(15)14-7-9-17-10-8-14;7-5-3-1-2-4-6(5)8/h4-10H2,1-3H3;1-4H. The Hall–Kier alpha value is -1.30. The highest BCUT2D eigenvalue weighted by Crippen LogP contribution is 2.19. The van der Waals surface area contributed by atoms with Crippen LogP contribution in [0.25, 0.3) is 0 Å². The van der Waals surface area contributed by atoms with E-state index in [0.717, 1.165) is 0 Å². The van der Waals surface area contributed by atoms with Gasteiger partial charge in [-0.05, 0) is 39.3 Å². The van der Waals surface area contributed by atoms with Gasteiger partial charge in [0.25, 0.3) is 0 Å². The lowest BCUT2D eigenvalue weighted by Crippen LogP contribution is -2.40. The van der Waals surface area contributed by atoms with E-state index in [-0.39, 0.29) is 11.9 Å². The number of rotatable bonds is 4. The molecule has 0 radical (unpaired) electrons. The van der Waals surface area contributed by atoms with Gasteiger partial charge in [-0.1, -0.05) is 35.3 Å². The first-order valence-corrected chi connectivity index (χ1v) is 9.42. The summed E-state index contributed by atoms with van der Waals surface area (Å²) >= 11 is 11.2. The number of nitrogens with zero attached hydrogens (tertiary/aromatic N) is 1. The average molecular weight is 404 g/mol. The van der Waals surface area contributed by atoms with Gasteiger partial charge in [-0.15, -0.1) is 0 Å². The maximum Gasteiger partial charge on any atom is 0.306 e. The second kappa shape index (κ2) is 11.4. The second-order valence-electron chi connectivity index (χ2n) is 6.85. The van der Waals surface area contributed by atoms with Gasteiger partial charge in [0.1, 0.15) is 5.60 Å². The van der Waals surface area contributed by atoms with Crippen molar-refractivity contribution in [3.63, 3.8) is 0 Å². The summed E-state index contributed by atoms with van der Waals surface area (Å²) in [7, 11) is 0. The molecule has 0 aromatic heterocycles. The zero-order valence-corrected chi connectivity index (χ0v) is 17.1. The highest BCUT2D eigenvalue weighted by atomic mass is 35.5. The van der Waals surface area contributed by atoms with Gasteiger partial charge in [0.05, 0.1) is 23.3 Å². The first-order valence-electron chi connectivity index (χ1n) is 8.66. The van der Waals surface area contributed by atoms with E-state index in [0.29, 0.717) is 55.6 Å². The molecule has 0 spiro atoms. The van der Waals surface area contributed by atoms with Gasteiger partial charge in [0.2, 0.25) is 5.91 Å². The molecule has 5 nitrogen and oxygen atoms in total. The van der Waals surface area contributed by atoms with Crippen molar-refractivity contribution in [2.75, 3.05) is 26.3 Å². The number of amides is 1. The third-order valence-electron chi connectivity index (χ3n) is 3.38. The van der Waals surface area contributed by atoms with Crippen molar-refractivity contribution in [1.82, 2.24) is 4.90 Å². The minimum atomic E-state index is -0.453. The van der Waals surface area contributed by atoms with Gasteiger partial charge in [0, 0.05) is 25.9 Å². The van der Waals surface area contributed by atoms with Crippen molar-refractivity contribution >= 4 is 35.1 Å². The largest absolute Gasteiger partial charge is 0.460 e. The molecule has 0 bridgehead atoms. The molecule has 1 aromatic rings. The molecule has 0 aliphatic carbocycles. The smallest absolute Gasteiger partial charge is 0.306 e. The summed E-state index contributed by atoms with van der Waals surface area (Å²) in [5.41, 5.74) is -0.453. The van der Waals surface area contributed by atoms with Gasteiger partial charge in [-0.2, -0.15) is 0 Å². The van der Waals surface area contributed by atoms with E-state index in [9.17, 15) is 9.59 Å². The van der Waals surface area contributed by atoms with Crippen molar-refractivity contribution < 1.29 is 19.1 Å². The average Bonchev–Trinajstić information content (AvgIpc) is 2.57. The van der Waals surface area contributed by atoms with Crippen LogP contribution < -0.4 is 0 Å². The van der Waals surface area contributed by atoms with E-state index in [1.807, 2.05) is 32.9 Å². The predicted octanol–water partition coefficient (Wildman–Crippen LogP) is 4.35. The zero-order chi connectivity index (χ0) is 19.6. The first kappa shape index (κ1) is 22.7. The van der Waals surface area contributed by atoms with Crippen LogP contribution in [0.2, 0.25) is 10.0 Å². The Bertz CT molecular complexity index is 560. The van der Waals surface area contributed by atoms with Crippen molar-refractivity contribution in [2.24, 2.45) is 0 Å². The van der Waals surface area contributed by atoms with Crippen LogP contribution in [0.5, 0.6) is 0 Å². The summed E-state index contributed by atoms with van der Waals surface area (Å²) in [6, 6.07) is 7.19. The van der Waals surface area contributed by atoms with Crippen molar-refractivity contribution in [1.29, 1.82) is 0 Å². The van der Waals surface area contributed by atoms with E-state index in [1.54, 1.807) is 17.0 Å². The third-order valence-corrected chi connectivity index (χ3v) is 4.14. The lowest BCUT2D eigenvalue weighted by molar-refractivity contribution is -0.155. The van der Waals surface area contributed by atoms with Crippen LogP contribution in [0.3, 0.4) is 0 Å². The molecule has 1 fully saturated rings. The number of benzene rings is 1. The van der Waals surface area contributed by atoms with Crippen molar-refractivity contribution in [3.8, 4) is 0 Å². The summed E-state index contributed by atoms with van der Waals surface area (Å²) in [5.74, 6) is -0.140. The molecule has 1 amide bonds. The molecule has 0 unspecified atom stereocenters. The first-order chi connectivity index (χ1) is 12.2. The quantitative estimate of drug-likeness (QED) is 0.701. The molecule has 0 atom stereocenters. The fourth-order valence-corrected chi connectivity index (χ4v) is 2.46. The fraction of sp³-hybridized carbons (Fsp3) is 0.579. The molecule has 0 N–H and O–H groups in total. The van der Waals surface area contributed by atoms with Gasteiger partial charge < -0.3 is 14.4 Å². The van der Waals surface area contributed by atoms with Crippen LogP contribution in [0.15, 0.2) is 24.3 Å². The molecule has 1 aliphatic rings. The fourth-order valence-electron chi connectivity index (χ4n) is 2.19. The number of hydrogen-bond donors (Lipinski definition) is 0. The Morgan fingerprint density at radius 1 is 1.08 bits per heavy atom. The Labute approximate surface area is 165 Å². The van der Waals surface area contributed by atoms with Gasteiger partial charge in [-0.25, -0.2) is 0 Å². The van der Waals surface area contributed by atoms with Crippen LogP contribution >= 0.6 is 23.2 Å². The van der Waals surface area contributed by atoms with Crippen molar-refractivity contribution in [3.05, 3.63) is 34.3 Å². The van der Waals surface area contributed by atoms with E-state index < -0.39 is 5.60 Å². The summed E-state index contributed by atoms with van der Waals surface area (Å²) in [5, 5.41) is 1.21. The Morgan fingerprint density at radius 3 is 2.08 bits per heavy atom. The van der Waals surface area contributed by atoms with E-state index >= 15 is 0 Å². The summed E-state index contributed by atoms with van der Waals surface area (Å²) in [6.45, 7) is 8.05. The van der Waals surface area contributed by atoms with Crippen LogP contribution in [-0.4, -0.2) is 48.7 Å². The molecule has 0 saturated carbocycles. The minimum Gasteiger partial charge on any atom is -0.460 e. The third kappa shape index (κ3) is 10.00. The summed E-state index contributed by atoms with van der Waals surface area (Å²) in [6.07, 6.45) is 1.25. The SMILES string of the molecule is CC(C)(C)OC(=O)CCCC(=O)N1CCOCC1.Clc1ccccc1Cl. The molecule has 146 valence electrons. The van der Waals surface area contributed by atoms with E-state index in [1.165, 1.54) is 0 Å². The molecular formula is C19H27Cl2NO4. The molecule has 1 heterocycles. The van der Waals surface area contributed by atoms with E-state index in [2.05, 4.69) is 0 Å². The molecule has 7 heteroatoms. The number of halogens is 2. The highest BCUT2D eigenvalue weighted by Gasteiger charge is 2.19. The number of morpholine rings is 1. The van der Waals surface area contributed by atoms with Crippen molar-refractivity contribution in [2.45, 2.75) is 45.6 Å². The van der Waals surface area contributed by atoms with E-state index in [4.69, 9.17) is 32.7 Å². The number of hydrogen-bond acceptors (Lipinski definition) is 4. The number of carbonyl (C=O) groups excluding carboxylic acids is 2.